The molecule has 0 aliphatic heterocycles. The summed E-state index contributed by atoms with van der Waals surface area (Å²) in [5.41, 5.74) is 2.32. The van der Waals surface area contributed by atoms with E-state index in [2.05, 4.69) is 33.0 Å². The predicted molar refractivity (Wildman–Crippen MR) is 76.8 cm³/mol. The summed E-state index contributed by atoms with van der Waals surface area (Å²) >= 11 is 3.41. The van der Waals surface area contributed by atoms with Gasteiger partial charge < -0.3 is 9.72 Å². The third kappa shape index (κ3) is 2.27. The standard InChI is InChI=1S/C15H12BrNO/c16-12-5-7-13(8-6-12)18-10-11-9-17-15-4-2-1-3-14(11)15/h1-9,17H,10H2. The summed E-state index contributed by atoms with van der Waals surface area (Å²) in [6.07, 6.45) is 2.00. The molecular weight excluding hydrogens is 290 g/mol. The normalized spacial score (nSPS) is 10.7. The van der Waals surface area contributed by atoms with Crippen LogP contribution >= 0.6 is 15.9 Å². The van der Waals surface area contributed by atoms with Crippen molar-refractivity contribution in [2.75, 3.05) is 0 Å². The Balaban J connectivity index is 1.79. The van der Waals surface area contributed by atoms with Gasteiger partial charge in [0.05, 0.1) is 0 Å². The van der Waals surface area contributed by atoms with Gasteiger partial charge in [0.2, 0.25) is 0 Å². The van der Waals surface area contributed by atoms with Crippen LogP contribution in [-0.4, -0.2) is 4.98 Å². The fourth-order valence-corrected chi connectivity index (χ4v) is 2.21. The molecule has 2 aromatic carbocycles. The molecule has 3 rings (SSSR count). The molecule has 0 radical (unpaired) electrons. The SMILES string of the molecule is Brc1ccc(OCc2c[nH]c3ccccc23)cc1. The van der Waals surface area contributed by atoms with Crippen molar-refractivity contribution in [3.05, 3.63) is 64.8 Å². The molecule has 0 bridgehead atoms. The zero-order valence-corrected chi connectivity index (χ0v) is 11.3. The maximum atomic E-state index is 5.77. The van der Waals surface area contributed by atoms with Crippen LogP contribution in [0.5, 0.6) is 5.75 Å². The number of fused-ring (bicyclic) bond motifs is 1. The van der Waals surface area contributed by atoms with Gasteiger partial charge in [-0.25, -0.2) is 0 Å². The van der Waals surface area contributed by atoms with E-state index in [9.17, 15) is 0 Å². The third-order valence-electron chi connectivity index (χ3n) is 2.88. The number of hydrogen-bond acceptors (Lipinski definition) is 1. The summed E-state index contributed by atoms with van der Waals surface area (Å²) in [5, 5.41) is 1.22. The second-order valence-corrected chi connectivity index (χ2v) is 5.02. The molecule has 0 fully saturated rings. The molecule has 0 aliphatic rings. The number of H-pyrrole nitrogens is 1. The lowest BCUT2D eigenvalue weighted by Crippen LogP contribution is -1.93. The lowest BCUT2D eigenvalue weighted by Gasteiger charge is -2.05. The lowest BCUT2D eigenvalue weighted by atomic mass is 10.2. The predicted octanol–water partition coefficient (Wildman–Crippen LogP) is 4.51. The second kappa shape index (κ2) is 4.86. The third-order valence-corrected chi connectivity index (χ3v) is 3.41. The minimum atomic E-state index is 0.575. The van der Waals surface area contributed by atoms with Crippen molar-refractivity contribution in [2.24, 2.45) is 0 Å². The number of hydrogen-bond donors (Lipinski definition) is 1. The fraction of sp³-hybridized carbons (Fsp3) is 0.0667. The van der Waals surface area contributed by atoms with E-state index in [4.69, 9.17) is 4.74 Å². The minimum absolute atomic E-state index is 0.575. The van der Waals surface area contributed by atoms with Crippen LogP contribution in [0.3, 0.4) is 0 Å². The van der Waals surface area contributed by atoms with Gasteiger partial charge in [0.1, 0.15) is 12.4 Å². The van der Waals surface area contributed by atoms with Crippen molar-refractivity contribution < 1.29 is 4.74 Å². The number of para-hydroxylation sites is 1. The van der Waals surface area contributed by atoms with Crippen LogP contribution < -0.4 is 4.74 Å². The van der Waals surface area contributed by atoms with Crippen LogP contribution in [-0.2, 0) is 6.61 Å². The molecule has 90 valence electrons. The van der Waals surface area contributed by atoms with E-state index in [1.54, 1.807) is 0 Å². The van der Waals surface area contributed by atoms with Crippen molar-refractivity contribution in [2.45, 2.75) is 6.61 Å². The van der Waals surface area contributed by atoms with E-state index in [1.807, 2.05) is 42.6 Å². The maximum absolute atomic E-state index is 5.77. The lowest BCUT2D eigenvalue weighted by molar-refractivity contribution is 0.307. The molecule has 0 saturated heterocycles. The topological polar surface area (TPSA) is 25.0 Å². The maximum Gasteiger partial charge on any atom is 0.119 e. The summed E-state index contributed by atoms with van der Waals surface area (Å²) in [4.78, 5) is 3.25. The average Bonchev–Trinajstić information content (AvgIpc) is 2.82. The average molecular weight is 302 g/mol. The van der Waals surface area contributed by atoms with Crippen LogP contribution in [0.4, 0.5) is 0 Å². The first-order chi connectivity index (χ1) is 8.83. The van der Waals surface area contributed by atoms with Crippen molar-refractivity contribution in [1.82, 2.24) is 4.98 Å². The van der Waals surface area contributed by atoms with Crippen molar-refractivity contribution in [3.63, 3.8) is 0 Å². The highest BCUT2D eigenvalue weighted by atomic mass is 79.9. The molecule has 1 heterocycles. The fourth-order valence-electron chi connectivity index (χ4n) is 1.94. The van der Waals surface area contributed by atoms with Crippen LogP contribution in [0.25, 0.3) is 10.9 Å². The minimum Gasteiger partial charge on any atom is -0.489 e. The van der Waals surface area contributed by atoms with E-state index >= 15 is 0 Å². The van der Waals surface area contributed by atoms with Crippen molar-refractivity contribution in [1.29, 1.82) is 0 Å². The smallest absolute Gasteiger partial charge is 0.119 e. The molecule has 18 heavy (non-hydrogen) atoms. The molecule has 0 spiro atoms. The molecule has 3 heteroatoms. The quantitative estimate of drug-likeness (QED) is 0.756. The Kier molecular flexibility index (Phi) is 3.07. The molecule has 2 nitrogen and oxygen atoms in total. The van der Waals surface area contributed by atoms with Gasteiger partial charge in [-0.3, -0.25) is 0 Å². The Bertz CT molecular complexity index is 658. The molecule has 1 aromatic heterocycles. The molecule has 0 amide bonds. The van der Waals surface area contributed by atoms with Gasteiger partial charge in [-0.05, 0) is 30.3 Å². The zero-order chi connectivity index (χ0) is 12.4. The van der Waals surface area contributed by atoms with E-state index in [-0.39, 0.29) is 0 Å². The number of aromatic amines is 1. The summed E-state index contributed by atoms with van der Waals surface area (Å²) in [6, 6.07) is 16.1. The van der Waals surface area contributed by atoms with E-state index in [1.165, 1.54) is 10.9 Å². The van der Waals surface area contributed by atoms with Gasteiger partial charge >= 0.3 is 0 Å². The van der Waals surface area contributed by atoms with E-state index in [0.717, 1.165) is 15.7 Å². The summed E-state index contributed by atoms with van der Waals surface area (Å²) in [5.74, 6) is 0.878. The first-order valence-electron chi connectivity index (χ1n) is 5.76. The van der Waals surface area contributed by atoms with Gasteiger partial charge in [-0.2, -0.15) is 0 Å². The summed E-state index contributed by atoms with van der Waals surface area (Å²) in [6.45, 7) is 0.575. The van der Waals surface area contributed by atoms with Crippen molar-refractivity contribution >= 4 is 26.8 Å². The highest BCUT2D eigenvalue weighted by Gasteiger charge is 2.03. The summed E-state index contributed by atoms with van der Waals surface area (Å²) < 4.78 is 6.83. The number of halogens is 1. The van der Waals surface area contributed by atoms with Gasteiger partial charge in [0.25, 0.3) is 0 Å². The molecule has 1 N–H and O–H groups in total. The van der Waals surface area contributed by atoms with Crippen molar-refractivity contribution in [3.8, 4) is 5.75 Å². The van der Waals surface area contributed by atoms with Crippen LogP contribution in [0.2, 0.25) is 0 Å². The first-order valence-corrected chi connectivity index (χ1v) is 6.55. The van der Waals surface area contributed by atoms with E-state index in [0.29, 0.717) is 6.61 Å². The van der Waals surface area contributed by atoms with Gasteiger partial charge in [-0.15, -0.1) is 0 Å². The Morgan fingerprint density at radius 2 is 1.78 bits per heavy atom. The Morgan fingerprint density at radius 1 is 1.00 bits per heavy atom. The number of rotatable bonds is 3. The highest BCUT2D eigenvalue weighted by Crippen LogP contribution is 2.21. The monoisotopic (exact) mass is 301 g/mol. The van der Waals surface area contributed by atoms with Gasteiger partial charge in [0.15, 0.2) is 0 Å². The van der Waals surface area contributed by atoms with Crippen LogP contribution in [0.1, 0.15) is 5.56 Å². The zero-order valence-electron chi connectivity index (χ0n) is 9.69. The highest BCUT2D eigenvalue weighted by molar-refractivity contribution is 9.10. The second-order valence-electron chi connectivity index (χ2n) is 4.10. The number of ether oxygens (including phenoxy) is 1. The Labute approximate surface area is 114 Å². The number of aromatic nitrogens is 1. The Hall–Kier alpha value is -1.74. The van der Waals surface area contributed by atoms with Crippen LogP contribution in [0, 0.1) is 0 Å². The molecule has 0 unspecified atom stereocenters. The first kappa shape index (κ1) is 11.4. The molecule has 0 saturated carbocycles. The largest absolute Gasteiger partial charge is 0.489 e. The molecule has 0 atom stereocenters. The van der Waals surface area contributed by atoms with Gasteiger partial charge in [-0.1, -0.05) is 34.1 Å². The number of benzene rings is 2. The summed E-state index contributed by atoms with van der Waals surface area (Å²) in [7, 11) is 0. The Morgan fingerprint density at radius 3 is 2.61 bits per heavy atom. The number of nitrogens with one attached hydrogen (secondary N) is 1. The van der Waals surface area contributed by atoms with Gasteiger partial charge in [0, 0.05) is 27.1 Å². The van der Waals surface area contributed by atoms with E-state index < -0.39 is 0 Å². The molecule has 3 aromatic rings. The molecule has 0 aliphatic carbocycles. The van der Waals surface area contributed by atoms with Crippen LogP contribution in [0.15, 0.2) is 59.2 Å². The molecular formula is C15H12BrNO.